The molecule has 6 atom stereocenters. The minimum atomic E-state index is -1.27. The Kier molecular flexibility index (Phi) is 11.8. The fourth-order valence-corrected chi connectivity index (χ4v) is 7.16. The maximum atomic E-state index is 13.5. The van der Waals surface area contributed by atoms with Crippen LogP contribution in [0.4, 0.5) is 0 Å². The molecule has 1 saturated heterocycles. The average molecular weight is 671 g/mol. The standard InChI is InChI=1S/C38H50N6O5/c1-38(2,3)43-37(49)32-20-26-14-7-8-15-27(26)22-44(32)23-33(45)31(19-24-11-5-4-6-12-24)41-35(47)28(39)21-34(46)42-36(48)30-18-17-25-13-9-10-16-29(25)40-30/h4-6,9-13,16-18,26-28,31-33,45H,7-8,14-15,19-23,39H2,1-3H3,(H,41,47)(H,43,49)(H,42,46,48)/t26-,27+,28+,31-,32-,33?/m0/s1. The van der Waals surface area contributed by atoms with Crippen molar-refractivity contribution in [2.45, 2.75) is 95.5 Å². The number of hydrogen-bond acceptors (Lipinski definition) is 8. The molecule has 11 heteroatoms. The van der Waals surface area contributed by atoms with Gasteiger partial charge in [0.05, 0.1) is 36.2 Å². The van der Waals surface area contributed by atoms with Crippen molar-refractivity contribution < 1.29 is 24.3 Å². The van der Waals surface area contributed by atoms with Crippen LogP contribution in [0.15, 0.2) is 66.7 Å². The second kappa shape index (κ2) is 16.0. The Balaban J connectivity index is 1.25. The van der Waals surface area contributed by atoms with Crippen LogP contribution in [0.3, 0.4) is 0 Å². The van der Waals surface area contributed by atoms with Crippen LogP contribution in [0, 0.1) is 11.8 Å². The summed E-state index contributed by atoms with van der Waals surface area (Å²) in [6, 6.07) is 17.7. The number of pyridine rings is 1. The number of fused-ring (bicyclic) bond motifs is 2. The van der Waals surface area contributed by atoms with Crippen LogP contribution in [0.5, 0.6) is 0 Å². The number of carbonyl (C=O) groups excluding carboxylic acids is 4. The fourth-order valence-electron chi connectivity index (χ4n) is 7.16. The Morgan fingerprint density at radius 1 is 0.959 bits per heavy atom. The van der Waals surface area contributed by atoms with E-state index in [1.165, 1.54) is 18.9 Å². The zero-order chi connectivity index (χ0) is 35.1. The molecule has 262 valence electrons. The van der Waals surface area contributed by atoms with Gasteiger partial charge in [-0.1, -0.05) is 73.9 Å². The van der Waals surface area contributed by atoms with Crippen molar-refractivity contribution >= 4 is 34.5 Å². The highest BCUT2D eigenvalue weighted by Gasteiger charge is 2.42. The highest BCUT2D eigenvalue weighted by molar-refractivity contribution is 6.05. The molecule has 6 N–H and O–H groups in total. The first kappa shape index (κ1) is 36.1. The van der Waals surface area contributed by atoms with Crippen molar-refractivity contribution in [3.8, 4) is 0 Å². The number of hydrogen-bond donors (Lipinski definition) is 5. The molecule has 1 saturated carbocycles. The third-order valence-electron chi connectivity index (χ3n) is 9.64. The number of nitrogens with zero attached hydrogens (tertiary/aromatic N) is 2. The van der Waals surface area contributed by atoms with E-state index in [4.69, 9.17) is 5.73 Å². The highest BCUT2D eigenvalue weighted by Crippen LogP contribution is 2.39. The zero-order valence-corrected chi connectivity index (χ0v) is 28.7. The van der Waals surface area contributed by atoms with Gasteiger partial charge in [-0.2, -0.15) is 0 Å². The summed E-state index contributed by atoms with van der Waals surface area (Å²) in [5, 5.41) is 20.9. The number of aliphatic hydroxyl groups excluding tert-OH is 1. The van der Waals surface area contributed by atoms with Gasteiger partial charge < -0.3 is 21.5 Å². The molecule has 1 aliphatic carbocycles. The summed E-state index contributed by atoms with van der Waals surface area (Å²) < 4.78 is 0. The van der Waals surface area contributed by atoms with E-state index in [2.05, 4.69) is 25.8 Å². The SMILES string of the molecule is CC(C)(C)NC(=O)[C@@H]1C[C@@H]2CCCC[C@@H]2CN1CC(O)[C@H](Cc1ccccc1)NC(=O)[C@H](N)CC(=O)NC(=O)c1ccc2ccccc2n1. The molecular weight excluding hydrogens is 620 g/mol. The summed E-state index contributed by atoms with van der Waals surface area (Å²) in [6.45, 7) is 6.77. The van der Waals surface area contributed by atoms with Crippen LogP contribution in [0.2, 0.25) is 0 Å². The van der Waals surface area contributed by atoms with Gasteiger partial charge in [-0.3, -0.25) is 29.4 Å². The van der Waals surface area contributed by atoms with Crippen molar-refractivity contribution in [2.24, 2.45) is 17.6 Å². The van der Waals surface area contributed by atoms with Gasteiger partial charge in [-0.25, -0.2) is 4.98 Å². The number of amides is 4. The van der Waals surface area contributed by atoms with Gasteiger partial charge in [0.15, 0.2) is 0 Å². The first-order valence-corrected chi connectivity index (χ1v) is 17.4. The molecule has 0 radical (unpaired) electrons. The lowest BCUT2D eigenvalue weighted by atomic mass is 9.72. The average Bonchev–Trinajstić information content (AvgIpc) is 3.06. The van der Waals surface area contributed by atoms with Gasteiger partial charge in [0, 0.05) is 24.0 Å². The number of aliphatic hydroxyl groups is 1. The van der Waals surface area contributed by atoms with Crippen molar-refractivity contribution in [2.75, 3.05) is 13.1 Å². The Morgan fingerprint density at radius 3 is 2.39 bits per heavy atom. The summed E-state index contributed by atoms with van der Waals surface area (Å²) in [4.78, 5) is 58.9. The van der Waals surface area contributed by atoms with E-state index in [1.54, 1.807) is 12.1 Å². The molecule has 3 aromatic rings. The van der Waals surface area contributed by atoms with E-state index >= 15 is 0 Å². The summed E-state index contributed by atoms with van der Waals surface area (Å²) in [6.07, 6.45) is 4.14. The molecule has 0 spiro atoms. The number of nitrogens with two attached hydrogens (primary N) is 1. The Hall–Kier alpha value is -4.19. The quantitative estimate of drug-likeness (QED) is 0.208. The number of rotatable bonds is 11. The van der Waals surface area contributed by atoms with Crippen molar-refractivity contribution in [3.05, 3.63) is 78.0 Å². The molecule has 2 aromatic carbocycles. The van der Waals surface area contributed by atoms with Gasteiger partial charge in [0.25, 0.3) is 5.91 Å². The van der Waals surface area contributed by atoms with Crippen LogP contribution in [-0.4, -0.2) is 81.5 Å². The predicted octanol–water partition coefficient (Wildman–Crippen LogP) is 3.09. The smallest absolute Gasteiger partial charge is 0.276 e. The van der Waals surface area contributed by atoms with Gasteiger partial charge in [-0.15, -0.1) is 0 Å². The molecule has 2 fully saturated rings. The number of imide groups is 1. The number of para-hydroxylation sites is 1. The molecule has 1 unspecified atom stereocenters. The van der Waals surface area contributed by atoms with Gasteiger partial charge in [0.1, 0.15) is 5.69 Å². The van der Waals surface area contributed by atoms with Gasteiger partial charge in [0.2, 0.25) is 17.7 Å². The lowest BCUT2D eigenvalue weighted by Crippen LogP contribution is -2.61. The Labute approximate surface area is 288 Å². The van der Waals surface area contributed by atoms with E-state index < -0.39 is 47.9 Å². The van der Waals surface area contributed by atoms with Crippen LogP contribution < -0.4 is 21.7 Å². The first-order valence-electron chi connectivity index (χ1n) is 17.4. The molecule has 1 aromatic heterocycles. The third kappa shape index (κ3) is 9.93. The van der Waals surface area contributed by atoms with Crippen molar-refractivity contribution in [3.63, 3.8) is 0 Å². The molecule has 2 aliphatic rings. The van der Waals surface area contributed by atoms with Gasteiger partial charge >= 0.3 is 0 Å². The largest absolute Gasteiger partial charge is 0.390 e. The van der Waals surface area contributed by atoms with E-state index in [-0.39, 0.29) is 24.2 Å². The molecule has 0 bridgehead atoms. The molecule has 1 aliphatic heterocycles. The molecular formula is C38H50N6O5. The number of nitrogens with one attached hydrogen (secondary N) is 3. The minimum Gasteiger partial charge on any atom is -0.390 e. The van der Waals surface area contributed by atoms with E-state index in [0.29, 0.717) is 30.3 Å². The lowest BCUT2D eigenvalue weighted by Gasteiger charge is -2.47. The lowest BCUT2D eigenvalue weighted by molar-refractivity contribution is -0.133. The number of carbonyl (C=O) groups is 4. The third-order valence-corrected chi connectivity index (χ3v) is 9.64. The van der Waals surface area contributed by atoms with Crippen molar-refractivity contribution in [1.29, 1.82) is 0 Å². The van der Waals surface area contributed by atoms with Crippen LogP contribution in [-0.2, 0) is 20.8 Å². The summed E-state index contributed by atoms with van der Waals surface area (Å²) in [5.74, 6) is -1.14. The maximum absolute atomic E-state index is 13.5. The first-order chi connectivity index (χ1) is 23.4. The normalized spacial score (nSPS) is 21.5. The summed E-state index contributed by atoms with van der Waals surface area (Å²) >= 11 is 0. The van der Waals surface area contributed by atoms with Gasteiger partial charge in [-0.05, 0) is 69.6 Å². The summed E-state index contributed by atoms with van der Waals surface area (Å²) in [5.41, 5.74) is 7.38. The zero-order valence-electron chi connectivity index (χ0n) is 28.7. The number of aromatic nitrogens is 1. The molecule has 5 rings (SSSR count). The van der Waals surface area contributed by atoms with Crippen molar-refractivity contribution in [1.82, 2.24) is 25.8 Å². The molecule has 11 nitrogen and oxygen atoms in total. The number of β-amino-alcohol motifs (C(OH)–C–C–N with tert-alkyl or cyclic N) is 1. The van der Waals surface area contributed by atoms with Crippen LogP contribution in [0.1, 0.15) is 75.3 Å². The Bertz CT molecular complexity index is 1630. The maximum Gasteiger partial charge on any atom is 0.276 e. The van der Waals surface area contributed by atoms with E-state index in [9.17, 15) is 24.3 Å². The monoisotopic (exact) mass is 670 g/mol. The van der Waals surface area contributed by atoms with Crippen LogP contribution in [0.25, 0.3) is 10.9 Å². The topological polar surface area (TPSA) is 167 Å². The van der Waals surface area contributed by atoms with Crippen LogP contribution >= 0.6 is 0 Å². The van der Waals surface area contributed by atoms with E-state index in [1.807, 2.05) is 69.3 Å². The summed E-state index contributed by atoms with van der Waals surface area (Å²) in [7, 11) is 0. The highest BCUT2D eigenvalue weighted by atomic mass is 16.3. The minimum absolute atomic E-state index is 0.0474. The molecule has 4 amide bonds. The van der Waals surface area contributed by atoms with E-state index in [0.717, 1.165) is 30.2 Å². The molecule has 49 heavy (non-hydrogen) atoms. The molecule has 2 heterocycles. The second-order valence-corrected chi connectivity index (χ2v) is 14.7. The number of likely N-dealkylation sites (tertiary alicyclic amines) is 1. The fraction of sp³-hybridized carbons (Fsp3) is 0.500. The number of piperidine rings is 1. The Morgan fingerprint density at radius 2 is 1.65 bits per heavy atom. The predicted molar refractivity (Wildman–Crippen MR) is 188 cm³/mol. The second-order valence-electron chi connectivity index (χ2n) is 14.7. The number of benzene rings is 2.